The van der Waals surface area contributed by atoms with Gasteiger partial charge in [-0.05, 0) is 0 Å². The van der Waals surface area contributed by atoms with Crippen molar-refractivity contribution in [2.45, 2.75) is 20.8 Å². The molecule has 1 N–H and O–H groups in total. The van der Waals surface area contributed by atoms with Crippen LogP contribution in [0.25, 0.3) is 0 Å². The molecule has 0 spiro atoms. The smallest absolute Gasteiger partial charge is 0 e. The quantitative estimate of drug-likeness (QED) is 0.660. The molecule has 0 amide bonds. The van der Waals surface area contributed by atoms with Crippen LogP contribution in [0.1, 0.15) is 16.7 Å². The average Bonchev–Trinajstić information content (AvgIpc) is 1.82. The van der Waals surface area contributed by atoms with E-state index in [-0.39, 0.29) is 104 Å². The van der Waals surface area contributed by atoms with Gasteiger partial charge in [0.2, 0.25) is 0 Å². The van der Waals surface area contributed by atoms with E-state index in [1.165, 1.54) is 0 Å². The van der Waals surface area contributed by atoms with Gasteiger partial charge in [-0.2, -0.15) is 0 Å². The van der Waals surface area contributed by atoms with E-state index in [1.807, 2.05) is 20.8 Å². The molecular formula is C9H10OY3-2. The van der Waals surface area contributed by atoms with Gasteiger partial charge in [-0.15, -0.1) is 12.7 Å². The van der Waals surface area contributed by atoms with E-state index in [0.29, 0.717) is 0 Å². The maximum atomic E-state index is 9.21. The second-order valence-electron chi connectivity index (χ2n) is 2.47. The number of hydrogen-bond acceptors (Lipinski definition) is 1. The molecule has 1 aromatic carbocycles. The summed E-state index contributed by atoms with van der Waals surface area (Å²) in [5, 5.41) is 9.21. The number of hydrogen-bond donors (Lipinski definition) is 1. The predicted octanol–water partition coefficient (Wildman–Crippen LogP) is 1.91. The Bertz CT molecular complexity index is 238. The summed E-state index contributed by atoms with van der Waals surface area (Å²) in [7, 11) is 0. The van der Waals surface area contributed by atoms with Crippen molar-refractivity contribution < 1.29 is 103 Å². The van der Waals surface area contributed by atoms with Crippen LogP contribution in [0.3, 0.4) is 0 Å². The first-order valence-electron chi connectivity index (χ1n) is 3.22. The van der Waals surface area contributed by atoms with Crippen LogP contribution >= 0.6 is 0 Å². The van der Waals surface area contributed by atoms with Gasteiger partial charge >= 0.3 is 0 Å². The Morgan fingerprint density at radius 2 is 1.38 bits per heavy atom. The molecule has 0 fully saturated rings. The summed E-state index contributed by atoms with van der Waals surface area (Å²) in [6, 6.07) is 5.84. The topological polar surface area (TPSA) is 20.2 Å². The average molecular weight is 401 g/mol. The Balaban J connectivity index is -0.000000333. The largest absolute Gasteiger partial charge is 0.557 e. The van der Waals surface area contributed by atoms with Gasteiger partial charge in [0.05, 0.1) is 0 Å². The monoisotopic (exact) mass is 401 g/mol. The minimum absolute atomic E-state index is 0. The summed E-state index contributed by atoms with van der Waals surface area (Å²) in [5.74, 6) is 0.244. The Labute approximate surface area is 155 Å². The third-order valence-electron chi connectivity index (χ3n) is 1.60. The van der Waals surface area contributed by atoms with Gasteiger partial charge in [-0.3, -0.25) is 11.1 Å². The fourth-order valence-electron chi connectivity index (χ4n) is 0.855. The molecule has 0 saturated heterocycles. The van der Waals surface area contributed by atoms with Gasteiger partial charge in [0.1, 0.15) is 0 Å². The third kappa shape index (κ3) is 6.49. The van der Waals surface area contributed by atoms with Gasteiger partial charge in [-0.1, -0.05) is 13.8 Å². The Kier molecular flexibility index (Phi) is 15.2. The summed E-state index contributed by atoms with van der Waals surface area (Å²) in [5.41, 5.74) is 2.72. The molecule has 1 nitrogen and oxygen atoms in total. The molecule has 0 bridgehead atoms. The predicted molar refractivity (Wildman–Crippen MR) is 40.0 cm³/mol. The fourth-order valence-corrected chi connectivity index (χ4v) is 0.855. The van der Waals surface area contributed by atoms with E-state index >= 15 is 0 Å². The molecule has 0 atom stereocenters. The van der Waals surface area contributed by atoms with Crippen molar-refractivity contribution in [2.75, 3.05) is 0 Å². The number of aryl methyl sites for hydroxylation is 2. The molecule has 1 aromatic rings. The molecule has 0 aliphatic rings. The number of phenolic OH excluding ortho intramolecular Hbond substituents is 1. The van der Waals surface area contributed by atoms with E-state index in [9.17, 15) is 5.11 Å². The Hall–Kier alpha value is 2.33. The summed E-state index contributed by atoms with van der Waals surface area (Å²) < 4.78 is 0. The molecule has 13 heavy (non-hydrogen) atoms. The normalized spacial score (nSPS) is 7.62. The molecule has 0 aliphatic carbocycles. The van der Waals surface area contributed by atoms with Crippen molar-refractivity contribution in [3.8, 4) is 5.75 Å². The van der Waals surface area contributed by atoms with Gasteiger partial charge < -0.3 is 17.2 Å². The maximum Gasteiger partial charge on any atom is 0 e. The zero-order valence-corrected chi connectivity index (χ0v) is 16.7. The van der Waals surface area contributed by atoms with Crippen molar-refractivity contribution in [3.05, 3.63) is 28.8 Å². The van der Waals surface area contributed by atoms with Crippen molar-refractivity contribution in [3.63, 3.8) is 0 Å². The standard InChI is InChI=1S/C9H10O.3Y/c1-6-4-7(2)8(3)9(10)5-6;;;/h10H,1-3H3;;;/q-2;;;. The minimum Gasteiger partial charge on any atom is -0.557 e. The van der Waals surface area contributed by atoms with Crippen molar-refractivity contribution >= 4 is 0 Å². The first-order chi connectivity index (χ1) is 4.61. The number of rotatable bonds is 0. The summed E-state index contributed by atoms with van der Waals surface area (Å²) >= 11 is 0. The molecular weight excluding hydrogens is 391 g/mol. The maximum absolute atomic E-state index is 9.21. The van der Waals surface area contributed by atoms with Crippen LogP contribution in [0.4, 0.5) is 0 Å². The Morgan fingerprint density at radius 1 is 0.923 bits per heavy atom. The molecule has 3 radical (unpaired) electrons. The van der Waals surface area contributed by atoms with E-state index in [0.717, 1.165) is 16.7 Å². The van der Waals surface area contributed by atoms with Crippen molar-refractivity contribution in [2.24, 2.45) is 0 Å². The van der Waals surface area contributed by atoms with Crippen LogP contribution in [-0.2, 0) is 98.1 Å². The van der Waals surface area contributed by atoms with E-state index in [1.54, 1.807) is 0 Å². The number of aromatic hydroxyl groups is 1. The van der Waals surface area contributed by atoms with Crippen LogP contribution in [-0.4, -0.2) is 5.11 Å². The van der Waals surface area contributed by atoms with Crippen LogP contribution in [0, 0.1) is 32.9 Å². The van der Waals surface area contributed by atoms with E-state index in [4.69, 9.17) is 0 Å². The minimum atomic E-state index is 0. The fraction of sp³-hybridized carbons (Fsp3) is 0.333. The van der Waals surface area contributed by atoms with Gasteiger partial charge in [-0.25, -0.2) is 5.56 Å². The zero-order valence-electron chi connectivity index (χ0n) is 8.18. The third-order valence-corrected chi connectivity index (χ3v) is 1.60. The molecule has 0 saturated carbocycles. The molecule has 1 rings (SSSR count). The van der Waals surface area contributed by atoms with Crippen LogP contribution in [0.5, 0.6) is 5.75 Å². The molecule has 0 unspecified atom stereocenters. The SMILES string of the molecule is Cc1[c-]c(C)c(C)c(O)[c-]1.[Y].[Y].[Y]. The molecule has 0 aliphatic heterocycles. The van der Waals surface area contributed by atoms with Gasteiger partial charge in [0, 0.05) is 98.1 Å². The van der Waals surface area contributed by atoms with Crippen molar-refractivity contribution in [1.82, 2.24) is 0 Å². The van der Waals surface area contributed by atoms with Crippen LogP contribution < -0.4 is 0 Å². The molecule has 63 valence electrons. The molecule has 0 aromatic heterocycles. The van der Waals surface area contributed by atoms with Crippen LogP contribution in [0.15, 0.2) is 0 Å². The van der Waals surface area contributed by atoms with E-state index in [2.05, 4.69) is 12.1 Å². The second kappa shape index (κ2) is 9.55. The summed E-state index contributed by atoms with van der Waals surface area (Å²) in [6.07, 6.45) is 0. The Morgan fingerprint density at radius 3 is 1.77 bits per heavy atom. The number of phenols is 1. The number of benzene rings is 1. The molecule has 0 heterocycles. The molecule has 4 heteroatoms. The summed E-state index contributed by atoms with van der Waals surface area (Å²) in [6.45, 7) is 5.65. The van der Waals surface area contributed by atoms with E-state index < -0.39 is 0 Å². The first-order valence-corrected chi connectivity index (χ1v) is 3.22. The van der Waals surface area contributed by atoms with Gasteiger partial charge in [0.15, 0.2) is 0 Å². The van der Waals surface area contributed by atoms with Crippen molar-refractivity contribution in [1.29, 1.82) is 0 Å². The van der Waals surface area contributed by atoms with Crippen LogP contribution in [0.2, 0.25) is 0 Å². The zero-order chi connectivity index (χ0) is 7.72. The first kappa shape index (κ1) is 20.7. The summed E-state index contributed by atoms with van der Waals surface area (Å²) in [4.78, 5) is 0. The van der Waals surface area contributed by atoms with Gasteiger partial charge in [0.25, 0.3) is 0 Å². The second-order valence-corrected chi connectivity index (χ2v) is 2.47.